The van der Waals surface area contributed by atoms with Crippen LogP contribution in [-0.2, 0) is 11.3 Å². The second-order valence-electron chi connectivity index (χ2n) is 6.56. The Morgan fingerprint density at radius 2 is 1.74 bits per heavy atom. The smallest absolute Gasteiger partial charge is 0.355 e. The molecule has 4 aromatic rings. The van der Waals surface area contributed by atoms with Crippen LogP contribution in [0.5, 0.6) is 0 Å². The number of hydrogen-bond donors (Lipinski definition) is 3. The summed E-state index contributed by atoms with van der Waals surface area (Å²) < 4.78 is 5.38. The number of aromatic amines is 2. The number of carbonyl (C=O) groups is 2. The van der Waals surface area contributed by atoms with Crippen molar-refractivity contribution in [2.75, 3.05) is 0 Å². The molecule has 2 aromatic heterocycles. The lowest BCUT2D eigenvalue weighted by Gasteiger charge is -2.02. The van der Waals surface area contributed by atoms with E-state index in [9.17, 15) is 14.7 Å². The van der Waals surface area contributed by atoms with Gasteiger partial charge in [0.15, 0.2) is 0 Å². The van der Waals surface area contributed by atoms with Crippen molar-refractivity contribution in [2.45, 2.75) is 20.5 Å². The third-order valence-corrected chi connectivity index (χ3v) is 4.84. The molecule has 4 rings (SSSR count). The SMILES string of the molecule is Cc1c(C(=O)O)[nH]c2cc3[nH]c(C(=O)OCc4ccccc4)cc3c(C)c12. The van der Waals surface area contributed by atoms with E-state index in [-0.39, 0.29) is 12.3 Å². The Labute approximate surface area is 154 Å². The standard InChI is InChI=1S/C21H18N2O4/c1-11-14-8-17(21(26)27-10-13-6-4-3-5-7-13)22-15(14)9-16-18(11)12(2)19(23-16)20(24)25/h3-9,22-23H,10H2,1-2H3,(H,24,25). The number of carbonyl (C=O) groups excluding carboxylic acids is 1. The fraction of sp³-hybridized carbons (Fsp3) is 0.143. The van der Waals surface area contributed by atoms with Crippen LogP contribution in [0.3, 0.4) is 0 Å². The van der Waals surface area contributed by atoms with E-state index in [1.54, 1.807) is 13.0 Å². The summed E-state index contributed by atoms with van der Waals surface area (Å²) in [7, 11) is 0. The molecule has 0 spiro atoms. The van der Waals surface area contributed by atoms with Crippen molar-refractivity contribution in [3.63, 3.8) is 0 Å². The number of aromatic nitrogens is 2. The van der Waals surface area contributed by atoms with E-state index in [2.05, 4.69) is 9.97 Å². The number of fused-ring (bicyclic) bond motifs is 2. The molecule has 0 radical (unpaired) electrons. The maximum Gasteiger partial charge on any atom is 0.355 e. The van der Waals surface area contributed by atoms with Gasteiger partial charge < -0.3 is 19.8 Å². The Balaban J connectivity index is 1.70. The van der Waals surface area contributed by atoms with Gasteiger partial charge in [-0.15, -0.1) is 0 Å². The molecular weight excluding hydrogens is 344 g/mol. The van der Waals surface area contributed by atoms with Crippen LogP contribution in [0.25, 0.3) is 21.8 Å². The number of aromatic carboxylic acids is 1. The molecule has 0 aliphatic rings. The van der Waals surface area contributed by atoms with Crippen LogP contribution in [0.2, 0.25) is 0 Å². The molecule has 3 N–H and O–H groups in total. The Hall–Kier alpha value is -3.54. The van der Waals surface area contributed by atoms with Crippen LogP contribution in [0.15, 0.2) is 42.5 Å². The van der Waals surface area contributed by atoms with Gasteiger partial charge in [0.2, 0.25) is 0 Å². The van der Waals surface area contributed by atoms with Crippen LogP contribution in [0.1, 0.15) is 37.7 Å². The Bertz CT molecular complexity index is 1190. The summed E-state index contributed by atoms with van der Waals surface area (Å²) in [5, 5.41) is 11.0. The first-order valence-corrected chi connectivity index (χ1v) is 8.54. The molecule has 6 heteroatoms. The topological polar surface area (TPSA) is 95.2 Å². The van der Waals surface area contributed by atoms with Gasteiger partial charge in [0.1, 0.15) is 18.0 Å². The summed E-state index contributed by atoms with van der Waals surface area (Å²) in [6.07, 6.45) is 0. The molecule has 2 aromatic carbocycles. The number of nitrogens with one attached hydrogen (secondary N) is 2. The molecule has 0 unspecified atom stereocenters. The van der Waals surface area contributed by atoms with Gasteiger partial charge in [-0.25, -0.2) is 9.59 Å². The number of aryl methyl sites for hydroxylation is 2. The zero-order valence-corrected chi connectivity index (χ0v) is 14.9. The van der Waals surface area contributed by atoms with E-state index in [0.717, 1.165) is 32.9 Å². The maximum absolute atomic E-state index is 12.4. The van der Waals surface area contributed by atoms with Crippen LogP contribution < -0.4 is 0 Å². The van der Waals surface area contributed by atoms with Crippen LogP contribution >= 0.6 is 0 Å². The lowest BCUT2D eigenvalue weighted by atomic mass is 10.0. The highest BCUT2D eigenvalue weighted by atomic mass is 16.5. The van der Waals surface area contributed by atoms with E-state index in [0.29, 0.717) is 11.3 Å². The number of benzene rings is 2. The molecule has 136 valence electrons. The maximum atomic E-state index is 12.4. The van der Waals surface area contributed by atoms with E-state index in [4.69, 9.17) is 4.74 Å². The first-order valence-electron chi connectivity index (χ1n) is 8.54. The van der Waals surface area contributed by atoms with Gasteiger partial charge in [0.25, 0.3) is 0 Å². The third kappa shape index (κ3) is 2.85. The van der Waals surface area contributed by atoms with Gasteiger partial charge in [-0.1, -0.05) is 30.3 Å². The van der Waals surface area contributed by atoms with Crippen molar-refractivity contribution < 1.29 is 19.4 Å². The zero-order valence-electron chi connectivity index (χ0n) is 14.9. The number of carboxylic acid groups (broad SMARTS) is 1. The van der Waals surface area contributed by atoms with Gasteiger partial charge in [-0.05, 0) is 42.7 Å². The van der Waals surface area contributed by atoms with Crippen molar-refractivity contribution in [3.8, 4) is 0 Å². The van der Waals surface area contributed by atoms with Gasteiger partial charge in [0, 0.05) is 21.8 Å². The summed E-state index contributed by atoms with van der Waals surface area (Å²) in [6.45, 7) is 3.91. The minimum absolute atomic E-state index is 0.184. The molecule has 0 amide bonds. The number of carboxylic acids is 1. The zero-order chi connectivity index (χ0) is 19.1. The number of rotatable bonds is 4. The van der Waals surface area contributed by atoms with Crippen molar-refractivity contribution >= 4 is 33.7 Å². The first-order chi connectivity index (χ1) is 13.0. The molecule has 0 aliphatic heterocycles. The second kappa shape index (κ2) is 6.32. The van der Waals surface area contributed by atoms with Gasteiger partial charge in [-0.2, -0.15) is 0 Å². The quantitative estimate of drug-likeness (QED) is 0.471. The predicted octanol–water partition coefficient (Wildman–Crippen LogP) is 4.32. The van der Waals surface area contributed by atoms with Crippen molar-refractivity contribution in [1.82, 2.24) is 9.97 Å². The summed E-state index contributed by atoms with van der Waals surface area (Å²) >= 11 is 0. The Morgan fingerprint density at radius 1 is 1.00 bits per heavy atom. The second-order valence-corrected chi connectivity index (χ2v) is 6.56. The highest BCUT2D eigenvalue weighted by molar-refractivity contribution is 6.07. The highest BCUT2D eigenvalue weighted by Crippen LogP contribution is 2.32. The first kappa shape index (κ1) is 16.9. The largest absolute Gasteiger partial charge is 0.477 e. The van der Waals surface area contributed by atoms with E-state index in [1.165, 1.54) is 0 Å². The monoisotopic (exact) mass is 362 g/mol. The summed E-state index contributed by atoms with van der Waals surface area (Å²) in [5.74, 6) is -1.42. The lowest BCUT2D eigenvalue weighted by Crippen LogP contribution is -2.05. The molecule has 6 nitrogen and oxygen atoms in total. The van der Waals surface area contributed by atoms with Crippen LogP contribution in [0.4, 0.5) is 0 Å². The molecule has 0 aliphatic carbocycles. The van der Waals surface area contributed by atoms with Crippen molar-refractivity contribution in [3.05, 3.63) is 70.5 Å². The average Bonchev–Trinajstić information content (AvgIpc) is 3.23. The minimum Gasteiger partial charge on any atom is -0.477 e. The molecular formula is C21H18N2O4. The number of ether oxygens (including phenoxy) is 1. The van der Waals surface area contributed by atoms with Crippen LogP contribution in [-0.4, -0.2) is 27.0 Å². The molecule has 0 atom stereocenters. The number of esters is 1. The molecule has 0 saturated carbocycles. The number of H-pyrrole nitrogens is 2. The Kier molecular flexibility index (Phi) is 3.96. The summed E-state index contributed by atoms with van der Waals surface area (Å²) in [4.78, 5) is 29.8. The fourth-order valence-corrected chi connectivity index (χ4v) is 3.51. The molecule has 0 saturated heterocycles. The highest BCUT2D eigenvalue weighted by Gasteiger charge is 2.19. The normalized spacial score (nSPS) is 11.2. The molecule has 27 heavy (non-hydrogen) atoms. The summed E-state index contributed by atoms with van der Waals surface area (Å²) in [5.41, 5.74) is 4.55. The lowest BCUT2D eigenvalue weighted by molar-refractivity contribution is 0.0466. The van der Waals surface area contributed by atoms with Crippen molar-refractivity contribution in [1.29, 1.82) is 0 Å². The van der Waals surface area contributed by atoms with Crippen molar-refractivity contribution in [2.24, 2.45) is 0 Å². The predicted molar refractivity (Wildman–Crippen MR) is 102 cm³/mol. The van der Waals surface area contributed by atoms with E-state index >= 15 is 0 Å². The van der Waals surface area contributed by atoms with Gasteiger partial charge in [-0.3, -0.25) is 0 Å². The van der Waals surface area contributed by atoms with Gasteiger partial charge >= 0.3 is 11.9 Å². The minimum atomic E-state index is -0.989. The van der Waals surface area contributed by atoms with Crippen LogP contribution in [0, 0.1) is 13.8 Å². The average molecular weight is 362 g/mol. The molecule has 2 heterocycles. The third-order valence-electron chi connectivity index (χ3n) is 4.84. The molecule has 0 bridgehead atoms. The summed E-state index contributed by atoms with van der Waals surface area (Å²) in [6, 6.07) is 13.1. The number of hydrogen-bond acceptors (Lipinski definition) is 3. The Morgan fingerprint density at radius 3 is 2.44 bits per heavy atom. The fourth-order valence-electron chi connectivity index (χ4n) is 3.51. The molecule has 0 fully saturated rings. The van der Waals surface area contributed by atoms with Gasteiger partial charge in [0.05, 0.1) is 0 Å². The van der Waals surface area contributed by atoms with E-state index < -0.39 is 11.9 Å². The van der Waals surface area contributed by atoms with E-state index in [1.807, 2.05) is 43.3 Å².